The van der Waals surface area contributed by atoms with E-state index in [1.54, 1.807) is 0 Å². The summed E-state index contributed by atoms with van der Waals surface area (Å²) in [5, 5.41) is 0. The second-order valence-electron chi connectivity index (χ2n) is 3.88. The van der Waals surface area contributed by atoms with Gasteiger partial charge in [0.25, 0.3) is 0 Å². The van der Waals surface area contributed by atoms with Crippen LogP contribution in [0.4, 0.5) is 0 Å². The van der Waals surface area contributed by atoms with Crippen LogP contribution in [0.5, 0.6) is 0 Å². The first-order chi connectivity index (χ1) is 10.6. The molecule has 0 bridgehead atoms. The third-order valence-electron chi connectivity index (χ3n) is 1.94. The Morgan fingerprint density at radius 3 is 1.27 bits per heavy atom. The fourth-order valence-electron chi connectivity index (χ4n) is 1.13. The van der Waals surface area contributed by atoms with Gasteiger partial charge in [0.05, 0.1) is 0 Å². The van der Waals surface area contributed by atoms with Crippen LogP contribution < -0.4 is 43.2 Å². The van der Waals surface area contributed by atoms with E-state index in [4.69, 9.17) is 6.13 Å². The van der Waals surface area contributed by atoms with Gasteiger partial charge in [-0.25, -0.2) is 0 Å². The van der Waals surface area contributed by atoms with Crippen LogP contribution in [0.2, 0.25) is 0 Å². The van der Waals surface area contributed by atoms with Crippen molar-refractivity contribution in [3.63, 3.8) is 0 Å². The Morgan fingerprint density at radius 2 is 1.00 bits per heavy atom. The molecule has 6 heteroatoms. The molecule has 4 nitrogen and oxygen atoms in total. The van der Waals surface area contributed by atoms with Crippen LogP contribution >= 0.6 is 0 Å². The van der Waals surface area contributed by atoms with Crippen LogP contribution in [0.3, 0.4) is 0 Å². The Labute approximate surface area is 151 Å². The van der Waals surface area contributed by atoms with Crippen LogP contribution in [0.25, 0.3) is 0 Å². The Morgan fingerprint density at radius 1 is 0.682 bits per heavy atom. The molecule has 2 aromatic rings. The average molecular weight is 526 g/mol. The molecule has 0 aliphatic rings. The van der Waals surface area contributed by atoms with Gasteiger partial charge in [-0.15, -0.1) is 0 Å². The van der Waals surface area contributed by atoms with Gasteiger partial charge in [0.1, 0.15) is 0 Å². The molecule has 0 saturated carbocycles. The van der Waals surface area contributed by atoms with Crippen molar-refractivity contribution in [1.82, 2.24) is 0 Å². The van der Waals surface area contributed by atoms with Gasteiger partial charge in [-0.1, -0.05) is 0 Å². The van der Waals surface area contributed by atoms with Gasteiger partial charge in [0.15, 0.2) is 0 Å². The number of carbonyl (C=O) groups is 2. The number of hydrogen-bond acceptors (Lipinski definition) is 4. The van der Waals surface area contributed by atoms with E-state index in [2.05, 4.69) is 0 Å². The first-order valence-electron chi connectivity index (χ1n) is 6.32. The van der Waals surface area contributed by atoms with Crippen LogP contribution in [-0.4, -0.2) is 11.9 Å². The summed E-state index contributed by atoms with van der Waals surface area (Å²) >= 11 is -1.13. The van der Waals surface area contributed by atoms with E-state index < -0.39 is 43.2 Å². The summed E-state index contributed by atoms with van der Waals surface area (Å²) in [5.74, 6) is -0.386. The Kier molecular flexibility index (Phi) is 9.80. The van der Waals surface area contributed by atoms with Crippen molar-refractivity contribution >= 4 is 11.9 Å². The van der Waals surface area contributed by atoms with E-state index in [-0.39, 0.29) is 11.9 Å². The van der Waals surface area contributed by atoms with Crippen molar-refractivity contribution in [2.75, 3.05) is 0 Å². The third kappa shape index (κ3) is 9.72. The first-order valence-corrected chi connectivity index (χ1v) is 10.2. The van der Waals surface area contributed by atoms with Crippen LogP contribution in [0.1, 0.15) is 13.8 Å². The molecular weight excluding hydrogens is 510 g/mol. The molecule has 2 rings (SSSR count). The summed E-state index contributed by atoms with van der Waals surface area (Å²) in [6, 6.07) is 19.5. The molecule has 0 heterocycles. The zero-order valence-electron chi connectivity index (χ0n) is 12.2. The summed E-state index contributed by atoms with van der Waals surface area (Å²) in [6.07, 6.45) is 0. The fraction of sp³-hybridized carbons (Fsp3) is 0.125. The first kappa shape index (κ1) is 18.9. The quantitative estimate of drug-likeness (QED) is 0.396. The Balaban J connectivity index is 0.000000220. The molecule has 22 heavy (non-hydrogen) atoms. The zero-order valence-corrected chi connectivity index (χ0v) is 16.5. The third-order valence-corrected chi connectivity index (χ3v) is 6.08. The van der Waals surface area contributed by atoms with Crippen molar-refractivity contribution < 1.29 is 59.0 Å². The number of rotatable bonds is 4. The molecule has 0 amide bonds. The van der Waals surface area contributed by atoms with E-state index in [0.29, 0.717) is 0 Å². The normalized spacial score (nSPS) is 9.55. The topological polar surface area (TPSA) is 52.6 Å². The second kappa shape index (κ2) is 11.4. The summed E-state index contributed by atoms with van der Waals surface area (Å²) in [7, 11) is 0. The summed E-state index contributed by atoms with van der Waals surface area (Å²) < 4.78 is 12.1. The molecule has 0 atom stereocenters. The number of benzene rings is 2. The molecule has 0 aromatic heterocycles. The molecule has 0 aliphatic carbocycles. The van der Waals surface area contributed by atoms with E-state index in [9.17, 15) is 9.59 Å². The summed E-state index contributed by atoms with van der Waals surface area (Å²) in [6.45, 7) is 2.87. The molecular formula is C16H16I2O4-2. The molecule has 0 fully saturated rings. The van der Waals surface area contributed by atoms with Gasteiger partial charge >= 0.3 is 153 Å². The maximum atomic E-state index is 10.4. The zero-order chi connectivity index (χ0) is 16.2. The summed E-state index contributed by atoms with van der Waals surface area (Å²) in [4.78, 5) is 20.8. The van der Waals surface area contributed by atoms with Gasteiger partial charge in [0.2, 0.25) is 0 Å². The standard InChI is InChI=1S/2C8H8IO2/c2*1-7(10)11-9-8-5-3-2-4-6-8/h2*2-6H,1H3/q2*-1. The van der Waals surface area contributed by atoms with Crippen molar-refractivity contribution in [1.29, 1.82) is 0 Å². The Hall–Kier alpha value is -1.16. The van der Waals surface area contributed by atoms with Gasteiger partial charge in [-0.2, -0.15) is 0 Å². The van der Waals surface area contributed by atoms with E-state index >= 15 is 0 Å². The van der Waals surface area contributed by atoms with Crippen LogP contribution in [0, 0.1) is 7.14 Å². The van der Waals surface area contributed by atoms with Crippen molar-refractivity contribution in [3.8, 4) is 0 Å². The Bertz CT molecular complexity index is 520. The molecule has 2 aromatic carbocycles. The van der Waals surface area contributed by atoms with Gasteiger partial charge in [-0.05, 0) is 0 Å². The minimum absolute atomic E-state index is 0.193. The fourth-order valence-corrected chi connectivity index (χ4v) is 3.68. The van der Waals surface area contributed by atoms with E-state index in [1.165, 1.54) is 13.8 Å². The predicted octanol–water partition coefficient (Wildman–Crippen LogP) is -3.15. The SMILES string of the molecule is CC(=O)O[I-]c1ccccc1.CC(=O)O[I-]c1ccccc1. The second-order valence-corrected chi connectivity index (χ2v) is 8.14. The van der Waals surface area contributed by atoms with E-state index in [0.717, 1.165) is 7.14 Å². The molecule has 0 saturated heterocycles. The van der Waals surface area contributed by atoms with Gasteiger partial charge in [-0.3, -0.25) is 0 Å². The predicted molar refractivity (Wildman–Crippen MR) is 73.8 cm³/mol. The molecule has 0 N–H and O–H groups in total. The summed E-state index contributed by atoms with van der Waals surface area (Å²) in [5.41, 5.74) is 0. The number of hydrogen-bond donors (Lipinski definition) is 0. The van der Waals surface area contributed by atoms with Gasteiger partial charge < -0.3 is 0 Å². The van der Waals surface area contributed by atoms with Crippen molar-refractivity contribution in [2.24, 2.45) is 0 Å². The van der Waals surface area contributed by atoms with Gasteiger partial charge in [0, 0.05) is 0 Å². The molecule has 0 unspecified atom stereocenters. The van der Waals surface area contributed by atoms with Crippen LogP contribution in [-0.2, 0) is 15.7 Å². The van der Waals surface area contributed by atoms with Crippen molar-refractivity contribution in [3.05, 3.63) is 67.8 Å². The molecule has 0 radical (unpaired) electrons. The minimum atomic E-state index is -0.563. The maximum absolute atomic E-state index is 10.4. The molecule has 0 aliphatic heterocycles. The number of carbonyl (C=O) groups excluding carboxylic acids is 2. The van der Waals surface area contributed by atoms with Crippen molar-refractivity contribution in [2.45, 2.75) is 13.8 Å². The van der Waals surface area contributed by atoms with E-state index in [1.807, 2.05) is 60.7 Å². The average Bonchev–Trinajstić information content (AvgIpc) is 2.53. The van der Waals surface area contributed by atoms with Crippen LogP contribution in [0.15, 0.2) is 60.7 Å². The molecule has 120 valence electrons. The number of halogens is 2. The monoisotopic (exact) mass is 526 g/mol. The molecule has 0 spiro atoms.